The van der Waals surface area contributed by atoms with Crippen LogP contribution in [0.2, 0.25) is 6.32 Å². The lowest BCUT2D eigenvalue weighted by atomic mass is 9.99. The monoisotopic (exact) mass is 114 g/mol. The molecular weight excluding hydrogens is 102 g/mol. The lowest BCUT2D eigenvalue weighted by Gasteiger charge is -1.92. The van der Waals surface area contributed by atoms with Crippen LogP contribution in [0.4, 0.5) is 4.39 Å². The second kappa shape index (κ2) is 6.99. The van der Waals surface area contributed by atoms with E-state index < -0.39 is 0 Å². The van der Waals surface area contributed by atoms with E-state index in [1.165, 1.54) is 0 Å². The summed E-state index contributed by atoms with van der Waals surface area (Å²) in [5, 5.41) is 0. The van der Waals surface area contributed by atoms with Crippen molar-refractivity contribution in [2.24, 2.45) is 0 Å². The summed E-state index contributed by atoms with van der Waals surface area (Å²) in [4.78, 5) is 0. The number of halogens is 1. The molecule has 0 spiro atoms. The molecule has 0 aromatic rings. The summed E-state index contributed by atoms with van der Waals surface area (Å²) in [5.41, 5.74) is 0. The molecule has 0 amide bonds. The third-order valence-corrected chi connectivity index (χ3v) is 1.09. The molecule has 0 saturated heterocycles. The Bertz CT molecular complexity index is 33.5. The quantitative estimate of drug-likeness (QED) is 0.379. The average Bonchev–Trinajstić information content (AvgIpc) is 1.81. The van der Waals surface area contributed by atoms with E-state index in [0.717, 1.165) is 25.6 Å². The van der Waals surface area contributed by atoms with E-state index in [1.54, 1.807) is 0 Å². The fourth-order valence-electron chi connectivity index (χ4n) is 0.592. The molecule has 2 heteroatoms. The van der Waals surface area contributed by atoms with E-state index in [1.807, 2.05) is 0 Å². The van der Waals surface area contributed by atoms with Crippen molar-refractivity contribution in [1.29, 1.82) is 0 Å². The van der Waals surface area contributed by atoms with Crippen LogP contribution in [-0.2, 0) is 0 Å². The van der Waals surface area contributed by atoms with Crippen LogP contribution < -0.4 is 0 Å². The molecule has 0 saturated carbocycles. The maximum atomic E-state index is 11.4. The molecule has 0 unspecified atom stereocenters. The highest BCUT2D eigenvalue weighted by Gasteiger charge is 1.84. The van der Waals surface area contributed by atoms with Gasteiger partial charge in [-0.25, -0.2) is 0 Å². The van der Waals surface area contributed by atoms with E-state index in [2.05, 4.69) is 0 Å². The van der Waals surface area contributed by atoms with Gasteiger partial charge in [-0.05, 0) is 6.42 Å². The van der Waals surface area contributed by atoms with Gasteiger partial charge in [0.25, 0.3) is 0 Å². The zero-order chi connectivity index (χ0) is 6.24. The molecule has 8 heavy (non-hydrogen) atoms. The smallest absolute Gasteiger partial charge is 0.0894 e. The molecule has 0 aromatic carbocycles. The maximum absolute atomic E-state index is 11.4. The second-order valence-corrected chi connectivity index (χ2v) is 1.89. The predicted octanol–water partition coefficient (Wildman–Crippen LogP) is 2.10. The molecule has 0 heterocycles. The molecule has 46 valence electrons. The van der Waals surface area contributed by atoms with E-state index in [9.17, 15) is 4.39 Å². The molecular formula is C6H12BF. The number of unbranched alkanes of at least 4 members (excludes halogenated alkanes) is 3. The number of rotatable bonds is 5. The molecule has 0 nitrogen and oxygen atoms in total. The second-order valence-electron chi connectivity index (χ2n) is 1.89. The van der Waals surface area contributed by atoms with E-state index in [4.69, 9.17) is 7.85 Å². The van der Waals surface area contributed by atoms with Crippen LogP contribution in [-0.4, -0.2) is 14.5 Å². The van der Waals surface area contributed by atoms with Gasteiger partial charge in [0.15, 0.2) is 0 Å². The first-order chi connectivity index (χ1) is 3.91. The Hall–Kier alpha value is -0.00506. The highest BCUT2D eigenvalue weighted by atomic mass is 19.1. The first-order valence-electron chi connectivity index (χ1n) is 3.18. The average molecular weight is 114 g/mol. The summed E-state index contributed by atoms with van der Waals surface area (Å²) < 4.78 is 11.4. The van der Waals surface area contributed by atoms with Crippen molar-refractivity contribution in [2.45, 2.75) is 32.0 Å². The topological polar surface area (TPSA) is 0 Å². The predicted molar refractivity (Wildman–Crippen MR) is 35.0 cm³/mol. The molecule has 0 fully saturated rings. The molecule has 0 aliphatic carbocycles. The molecule has 0 rings (SSSR count). The third-order valence-electron chi connectivity index (χ3n) is 1.09. The summed E-state index contributed by atoms with van der Waals surface area (Å²) in [6, 6.07) is 0. The fraction of sp³-hybridized carbons (Fsp3) is 1.00. The molecule has 0 aliphatic rings. The largest absolute Gasteiger partial charge is 0.251 e. The fourth-order valence-corrected chi connectivity index (χ4v) is 0.592. The molecule has 0 aromatic heterocycles. The molecule has 0 aliphatic heterocycles. The lowest BCUT2D eigenvalue weighted by molar-refractivity contribution is 0.455. The highest BCUT2D eigenvalue weighted by molar-refractivity contribution is 6.08. The van der Waals surface area contributed by atoms with Gasteiger partial charge < -0.3 is 0 Å². The summed E-state index contributed by atoms with van der Waals surface area (Å²) in [6.07, 6.45) is 4.57. The Morgan fingerprint density at radius 2 is 1.62 bits per heavy atom. The van der Waals surface area contributed by atoms with E-state index in [-0.39, 0.29) is 6.67 Å². The minimum atomic E-state index is -0.176. The number of alkyl halides is 1. The number of hydrogen-bond donors (Lipinski definition) is 0. The zero-order valence-electron chi connectivity index (χ0n) is 5.20. The minimum absolute atomic E-state index is 0.176. The van der Waals surface area contributed by atoms with Crippen molar-refractivity contribution in [2.75, 3.05) is 6.67 Å². The van der Waals surface area contributed by atoms with E-state index >= 15 is 0 Å². The Morgan fingerprint density at radius 1 is 1.00 bits per heavy atom. The zero-order valence-corrected chi connectivity index (χ0v) is 5.20. The van der Waals surface area contributed by atoms with Crippen LogP contribution in [0.15, 0.2) is 0 Å². The summed E-state index contributed by atoms with van der Waals surface area (Å²) in [6.45, 7) is -0.176. The summed E-state index contributed by atoms with van der Waals surface area (Å²) in [7, 11) is 5.22. The Kier molecular flexibility index (Phi) is 6.99. The first kappa shape index (κ1) is 7.99. The van der Waals surface area contributed by atoms with Gasteiger partial charge >= 0.3 is 0 Å². The SMILES string of the molecule is [B]CCCCCCF. The highest BCUT2D eigenvalue weighted by Crippen LogP contribution is 2.00. The molecule has 0 N–H and O–H groups in total. The lowest BCUT2D eigenvalue weighted by Crippen LogP contribution is -1.78. The standard InChI is InChI=1S/C6H12BF/c7-5-3-1-2-4-6-8/h1-6H2. The molecule has 0 bridgehead atoms. The van der Waals surface area contributed by atoms with Crippen LogP contribution in [0.25, 0.3) is 0 Å². The van der Waals surface area contributed by atoms with Crippen molar-refractivity contribution in [3.05, 3.63) is 0 Å². The van der Waals surface area contributed by atoms with Crippen LogP contribution in [0.5, 0.6) is 0 Å². The van der Waals surface area contributed by atoms with Gasteiger partial charge in [-0.15, -0.1) is 0 Å². The molecule has 0 atom stereocenters. The van der Waals surface area contributed by atoms with Gasteiger partial charge in [0.05, 0.1) is 14.5 Å². The van der Waals surface area contributed by atoms with Crippen molar-refractivity contribution in [1.82, 2.24) is 0 Å². The minimum Gasteiger partial charge on any atom is -0.251 e. The maximum Gasteiger partial charge on any atom is 0.0894 e. The van der Waals surface area contributed by atoms with Crippen LogP contribution in [0.3, 0.4) is 0 Å². The van der Waals surface area contributed by atoms with Gasteiger partial charge in [0.2, 0.25) is 0 Å². The summed E-state index contributed by atoms with van der Waals surface area (Å²) in [5.74, 6) is 0. The van der Waals surface area contributed by atoms with E-state index in [0.29, 0.717) is 6.42 Å². The first-order valence-corrected chi connectivity index (χ1v) is 3.18. The van der Waals surface area contributed by atoms with Crippen LogP contribution in [0, 0.1) is 0 Å². The van der Waals surface area contributed by atoms with Gasteiger partial charge in [0, 0.05) is 0 Å². The van der Waals surface area contributed by atoms with Crippen molar-refractivity contribution in [3.63, 3.8) is 0 Å². The number of hydrogen-bond acceptors (Lipinski definition) is 0. The van der Waals surface area contributed by atoms with Crippen molar-refractivity contribution >= 4 is 7.85 Å². The Labute approximate surface area is 51.9 Å². The van der Waals surface area contributed by atoms with Crippen molar-refractivity contribution in [3.8, 4) is 0 Å². The van der Waals surface area contributed by atoms with Gasteiger partial charge in [0.1, 0.15) is 0 Å². The third kappa shape index (κ3) is 5.99. The van der Waals surface area contributed by atoms with Gasteiger partial charge in [-0.3, -0.25) is 4.39 Å². The normalized spacial score (nSPS) is 9.62. The molecule has 2 radical (unpaired) electrons. The van der Waals surface area contributed by atoms with Crippen LogP contribution in [0.1, 0.15) is 25.7 Å². The van der Waals surface area contributed by atoms with Gasteiger partial charge in [-0.2, -0.15) is 0 Å². The van der Waals surface area contributed by atoms with Crippen molar-refractivity contribution < 1.29 is 4.39 Å². The van der Waals surface area contributed by atoms with Gasteiger partial charge in [-0.1, -0.05) is 25.6 Å². The Morgan fingerprint density at radius 3 is 2.12 bits per heavy atom. The Balaban J connectivity index is 2.53. The van der Waals surface area contributed by atoms with Crippen LogP contribution >= 0.6 is 0 Å². The summed E-state index contributed by atoms with van der Waals surface area (Å²) >= 11 is 0.